The van der Waals surface area contributed by atoms with Crippen LogP contribution in [0, 0.1) is 12.8 Å². The molecular formula is C28H27N3O3. The molecule has 0 radical (unpaired) electrons. The van der Waals surface area contributed by atoms with Gasteiger partial charge in [0, 0.05) is 29.2 Å². The number of hydrogen-bond donors (Lipinski definition) is 2. The first kappa shape index (κ1) is 21.8. The first-order valence-corrected chi connectivity index (χ1v) is 11.5. The Bertz CT molecular complexity index is 1540. The SMILES string of the molecule is Cc1cccc2[nH]cc(C(C)n3c(=O)n(CC(Cc4ccccc4)C(=O)O)c4ccccc43)c12. The lowest BCUT2D eigenvalue weighted by molar-refractivity contribution is -0.142. The molecule has 0 fully saturated rings. The van der Waals surface area contributed by atoms with E-state index < -0.39 is 11.9 Å². The van der Waals surface area contributed by atoms with Gasteiger partial charge in [-0.3, -0.25) is 13.9 Å². The molecule has 0 aliphatic heterocycles. The number of carboxylic acids is 1. The van der Waals surface area contributed by atoms with Gasteiger partial charge in [0.05, 0.1) is 23.0 Å². The van der Waals surface area contributed by atoms with Crippen LogP contribution in [0.1, 0.15) is 29.7 Å². The zero-order chi connectivity index (χ0) is 23.8. The molecule has 5 rings (SSSR count). The van der Waals surface area contributed by atoms with E-state index in [1.807, 2.05) is 79.9 Å². The second-order valence-corrected chi connectivity index (χ2v) is 8.89. The molecule has 3 aromatic carbocycles. The Labute approximate surface area is 197 Å². The maximum Gasteiger partial charge on any atom is 0.329 e. The summed E-state index contributed by atoms with van der Waals surface area (Å²) in [4.78, 5) is 29.2. The lowest BCUT2D eigenvalue weighted by Crippen LogP contribution is -2.31. The van der Waals surface area contributed by atoms with E-state index in [1.165, 1.54) is 0 Å². The fraction of sp³-hybridized carbons (Fsp3) is 0.214. The van der Waals surface area contributed by atoms with E-state index in [0.717, 1.165) is 38.6 Å². The van der Waals surface area contributed by atoms with E-state index in [0.29, 0.717) is 6.42 Å². The van der Waals surface area contributed by atoms with Crippen molar-refractivity contribution >= 4 is 27.9 Å². The average molecular weight is 454 g/mol. The minimum atomic E-state index is -0.909. The summed E-state index contributed by atoms with van der Waals surface area (Å²) in [5.74, 6) is -1.63. The Morgan fingerprint density at radius 2 is 1.68 bits per heavy atom. The highest BCUT2D eigenvalue weighted by Gasteiger charge is 2.25. The van der Waals surface area contributed by atoms with Gasteiger partial charge in [-0.1, -0.05) is 54.6 Å². The fourth-order valence-electron chi connectivity index (χ4n) is 5.00. The molecule has 0 amide bonds. The molecule has 2 N–H and O–H groups in total. The van der Waals surface area contributed by atoms with Crippen LogP contribution < -0.4 is 5.69 Å². The van der Waals surface area contributed by atoms with Crippen molar-refractivity contribution in [1.82, 2.24) is 14.1 Å². The average Bonchev–Trinajstić information content (AvgIpc) is 3.39. The number of benzene rings is 3. The van der Waals surface area contributed by atoms with Crippen molar-refractivity contribution in [3.63, 3.8) is 0 Å². The minimum absolute atomic E-state index is 0.107. The monoisotopic (exact) mass is 453 g/mol. The number of nitrogens with zero attached hydrogens (tertiary/aromatic N) is 2. The summed E-state index contributed by atoms with van der Waals surface area (Å²) in [6.07, 6.45) is 2.33. The molecule has 6 heteroatoms. The van der Waals surface area contributed by atoms with Crippen LogP contribution in [0.15, 0.2) is 83.8 Å². The molecule has 2 unspecified atom stereocenters. The maximum absolute atomic E-state index is 13.8. The third-order valence-electron chi connectivity index (χ3n) is 6.73. The van der Waals surface area contributed by atoms with E-state index in [9.17, 15) is 14.7 Å². The molecule has 6 nitrogen and oxygen atoms in total. The Balaban J connectivity index is 1.60. The third-order valence-corrected chi connectivity index (χ3v) is 6.73. The van der Waals surface area contributed by atoms with Gasteiger partial charge < -0.3 is 10.1 Å². The Hall–Kier alpha value is -4.06. The number of para-hydroxylation sites is 2. The number of aryl methyl sites for hydroxylation is 1. The Kier molecular flexibility index (Phi) is 5.57. The molecule has 172 valence electrons. The summed E-state index contributed by atoms with van der Waals surface area (Å²) in [6.45, 7) is 4.20. The van der Waals surface area contributed by atoms with E-state index >= 15 is 0 Å². The zero-order valence-electron chi connectivity index (χ0n) is 19.2. The number of aliphatic carboxylic acids is 1. The van der Waals surface area contributed by atoms with E-state index in [4.69, 9.17) is 0 Å². The highest BCUT2D eigenvalue weighted by atomic mass is 16.4. The van der Waals surface area contributed by atoms with Crippen LogP contribution in [0.3, 0.4) is 0 Å². The number of carbonyl (C=O) groups is 1. The molecule has 0 saturated carbocycles. The first-order valence-electron chi connectivity index (χ1n) is 11.5. The summed E-state index contributed by atoms with van der Waals surface area (Å²) in [7, 11) is 0. The molecule has 0 spiro atoms. The van der Waals surface area contributed by atoms with Gasteiger partial charge in [0.25, 0.3) is 0 Å². The molecule has 2 heterocycles. The fourth-order valence-corrected chi connectivity index (χ4v) is 5.00. The summed E-state index contributed by atoms with van der Waals surface area (Å²) in [5.41, 5.74) is 5.50. The van der Waals surface area contributed by atoms with Crippen LogP contribution in [0.25, 0.3) is 21.9 Å². The van der Waals surface area contributed by atoms with Gasteiger partial charge >= 0.3 is 11.7 Å². The second-order valence-electron chi connectivity index (χ2n) is 8.89. The first-order chi connectivity index (χ1) is 16.5. The molecule has 2 aromatic heterocycles. The van der Waals surface area contributed by atoms with Crippen LogP contribution in [0.4, 0.5) is 0 Å². The number of imidazole rings is 1. The number of carboxylic acid groups (broad SMARTS) is 1. The van der Waals surface area contributed by atoms with Crippen LogP contribution in [0.2, 0.25) is 0 Å². The maximum atomic E-state index is 13.8. The number of nitrogens with one attached hydrogen (secondary N) is 1. The van der Waals surface area contributed by atoms with Crippen LogP contribution in [-0.4, -0.2) is 25.2 Å². The summed E-state index contributed by atoms with van der Waals surface area (Å²) in [6, 6.07) is 23.0. The van der Waals surface area contributed by atoms with Gasteiger partial charge in [-0.2, -0.15) is 0 Å². The minimum Gasteiger partial charge on any atom is -0.481 e. The largest absolute Gasteiger partial charge is 0.481 e. The van der Waals surface area contributed by atoms with Gasteiger partial charge in [0.1, 0.15) is 0 Å². The van der Waals surface area contributed by atoms with Crippen molar-refractivity contribution in [2.24, 2.45) is 5.92 Å². The topological polar surface area (TPSA) is 80.0 Å². The second kappa shape index (κ2) is 8.71. The molecule has 0 aliphatic rings. The number of H-pyrrole nitrogens is 1. The Morgan fingerprint density at radius 3 is 2.41 bits per heavy atom. The lowest BCUT2D eigenvalue weighted by Gasteiger charge is -2.15. The van der Waals surface area contributed by atoms with E-state index in [1.54, 1.807) is 9.13 Å². The predicted molar refractivity (Wildman–Crippen MR) is 134 cm³/mol. The predicted octanol–water partition coefficient (Wildman–Crippen LogP) is 5.15. The molecule has 5 aromatic rings. The normalized spacial score (nSPS) is 13.4. The van der Waals surface area contributed by atoms with Gasteiger partial charge in [-0.25, -0.2) is 4.79 Å². The van der Waals surface area contributed by atoms with Crippen molar-refractivity contribution in [1.29, 1.82) is 0 Å². The quantitative estimate of drug-likeness (QED) is 0.358. The zero-order valence-corrected chi connectivity index (χ0v) is 19.2. The molecule has 0 aliphatic carbocycles. The number of fused-ring (bicyclic) bond motifs is 2. The number of aromatic amines is 1. The standard InChI is InChI=1S/C28H27N3O3/c1-18-9-8-12-23-26(18)22(16-29-23)19(2)31-25-14-7-6-13-24(25)30(28(31)34)17-21(27(32)33)15-20-10-4-3-5-11-20/h3-14,16,19,21,29H,15,17H2,1-2H3,(H,32,33). The van der Waals surface area contributed by atoms with E-state index in [-0.39, 0.29) is 18.3 Å². The van der Waals surface area contributed by atoms with Gasteiger partial charge in [-0.15, -0.1) is 0 Å². The van der Waals surface area contributed by atoms with Crippen molar-refractivity contribution in [2.75, 3.05) is 0 Å². The molecule has 34 heavy (non-hydrogen) atoms. The lowest BCUT2D eigenvalue weighted by atomic mass is 9.99. The number of aromatic nitrogens is 3. The van der Waals surface area contributed by atoms with Crippen molar-refractivity contribution in [3.8, 4) is 0 Å². The van der Waals surface area contributed by atoms with Gasteiger partial charge in [0.15, 0.2) is 0 Å². The molecule has 0 saturated heterocycles. The molecular weight excluding hydrogens is 426 g/mol. The van der Waals surface area contributed by atoms with Crippen molar-refractivity contribution < 1.29 is 9.90 Å². The number of rotatable bonds is 7. The van der Waals surface area contributed by atoms with E-state index in [2.05, 4.69) is 18.0 Å². The van der Waals surface area contributed by atoms with Crippen molar-refractivity contribution in [3.05, 3.63) is 106 Å². The summed E-state index contributed by atoms with van der Waals surface area (Å²) < 4.78 is 3.40. The third kappa shape index (κ3) is 3.71. The van der Waals surface area contributed by atoms with Crippen LogP contribution in [-0.2, 0) is 17.8 Å². The summed E-state index contributed by atoms with van der Waals surface area (Å²) >= 11 is 0. The highest BCUT2D eigenvalue weighted by Crippen LogP contribution is 2.31. The number of hydrogen-bond acceptors (Lipinski definition) is 2. The molecule has 2 atom stereocenters. The highest BCUT2D eigenvalue weighted by molar-refractivity contribution is 5.87. The smallest absolute Gasteiger partial charge is 0.329 e. The van der Waals surface area contributed by atoms with Gasteiger partial charge in [-0.05, 0) is 49.6 Å². The van der Waals surface area contributed by atoms with Crippen LogP contribution >= 0.6 is 0 Å². The molecule has 0 bridgehead atoms. The summed E-state index contributed by atoms with van der Waals surface area (Å²) in [5, 5.41) is 11.1. The van der Waals surface area contributed by atoms with Gasteiger partial charge in [0.2, 0.25) is 0 Å². The van der Waals surface area contributed by atoms with Crippen molar-refractivity contribution in [2.45, 2.75) is 32.9 Å². The Morgan fingerprint density at radius 1 is 0.971 bits per heavy atom. The van der Waals surface area contributed by atoms with Crippen LogP contribution in [0.5, 0.6) is 0 Å².